The summed E-state index contributed by atoms with van der Waals surface area (Å²) < 4.78 is 16.8. The first-order chi connectivity index (χ1) is 34.5. The summed E-state index contributed by atoms with van der Waals surface area (Å²) >= 11 is 0. The molecule has 0 aromatic carbocycles. The molecule has 0 N–H and O–H groups in total. The van der Waals surface area contributed by atoms with Crippen molar-refractivity contribution < 1.29 is 28.6 Å². The molecule has 0 spiro atoms. The second kappa shape index (κ2) is 57.6. The van der Waals surface area contributed by atoms with E-state index in [0.717, 1.165) is 116 Å². The summed E-state index contributed by atoms with van der Waals surface area (Å²) in [6.45, 7) is 6.43. The largest absolute Gasteiger partial charge is 0.462 e. The van der Waals surface area contributed by atoms with Crippen molar-refractivity contribution in [1.82, 2.24) is 0 Å². The molecule has 398 valence electrons. The number of allylic oxidation sites excluding steroid dienone is 18. The lowest BCUT2D eigenvalue weighted by Crippen LogP contribution is -2.30. The minimum Gasteiger partial charge on any atom is -0.462 e. The highest BCUT2D eigenvalue weighted by atomic mass is 16.6. The summed E-state index contributed by atoms with van der Waals surface area (Å²) in [7, 11) is 0. The summed E-state index contributed by atoms with van der Waals surface area (Å²) in [5.74, 6) is -0.975. The molecule has 1 unspecified atom stereocenters. The SMILES string of the molecule is CC/C=C\C/C=C\C/C=C\C/C=C\C/C=C\C/C=C\C/C=C\CCCC(=O)OCC(COC(=O)CCCCCCC/C=C\C/C=C\CCCC)OC(=O)CCCCCCCCCCCCCCCCC. The summed E-state index contributed by atoms with van der Waals surface area (Å²) in [6, 6.07) is 0. The first-order valence-corrected chi connectivity index (χ1v) is 28.9. The van der Waals surface area contributed by atoms with Gasteiger partial charge >= 0.3 is 17.9 Å². The zero-order valence-corrected chi connectivity index (χ0v) is 45.5. The van der Waals surface area contributed by atoms with E-state index in [1.165, 1.54) is 96.3 Å². The van der Waals surface area contributed by atoms with Crippen molar-refractivity contribution in [2.75, 3.05) is 13.2 Å². The Bertz CT molecular complexity index is 1440. The lowest BCUT2D eigenvalue weighted by Gasteiger charge is -2.18. The van der Waals surface area contributed by atoms with Gasteiger partial charge in [0.1, 0.15) is 13.2 Å². The number of esters is 3. The first kappa shape index (κ1) is 66.1. The molecule has 0 rings (SSSR count). The monoisotopic (exact) mass is 971 g/mol. The molecule has 0 aromatic rings. The second-order valence-electron chi connectivity index (χ2n) is 18.8. The third-order valence-electron chi connectivity index (χ3n) is 12.0. The normalized spacial score (nSPS) is 12.9. The Balaban J connectivity index is 4.48. The fraction of sp³-hybridized carbons (Fsp3) is 0.672. The maximum Gasteiger partial charge on any atom is 0.306 e. The van der Waals surface area contributed by atoms with Gasteiger partial charge in [-0.1, -0.05) is 252 Å². The second-order valence-corrected chi connectivity index (χ2v) is 18.8. The van der Waals surface area contributed by atoms with Gasteiger partial charge in [-0.25, -0.2) is 0 Å². The van der Waals surface area contributed by atoms with Gasteiger partial charge in [0.2, 0.25) is 0 Å². The van der Waals surface area contributed by atoms with E-state index in [1.54, 1.807) is 0 Å². The number of rotatable bonds is 51. The maximum absolute atomic E-state index is 12.8. The molecular formula is C64H106O6. The van der Waals surface area contributed by atoms with Crippen LogP contribution in [0.2, 0.25) is 0 Å². The molecule has 0 saturated carbocycles. The zero-order valence-electron chi connectivity index (χ0n) is 45.5. The fourth-order valence-corrected chi connectivity index (χ4v) is 7.68. The van der Waals surface area contributed by atoms with E-state index in [2.05, 4.69) is 130 Å². The molecule has 0 bridgehead atoms. The van der Waals surface area contributed by atoms with Crippen molar-refractivity contribution in [2.24, 2.45) is 0 Å². The van der Waals surface area contributed by atoms with Crippen molar-refractivity contribution in [2.45, 2.75) is 264 Å². The molecule has 0 aliphatic carbocycles. The molecule has 1 atom stereocenters. The maximum atomic E-state index is 12.8. The van der Waals surface area contributed by atoms with E-state index < -0.39 is 6.10 Å². The Labute approximate surface area is 431 Å². The Hall–Kier alpha value is -3.93. The summed E-state index contributed by atoms with van der Waals surface area (Å²) in [4.78, 5) is 38.1. The Kier molecular flexibility index (Phi) is 54.4. The Morgan fingerprint density at radius 2 is 0.586 bits per heavy atom. The van der Waals surface area contributed by atoms with Crippen LogP contribution in [0.25, 0.3) is 0 Å². The molecule has 0 saturated heterocycles. The van der Waals surface area contributed by atoms with Gasteiger partial charge in [0.05, 0.1) is 0 Å². The molecular weight excluding hydrogens is 865 g/mol. The highest BCUT2D eigenvalue weighted by molar-refractivity contribution is 5.71. The number of unbranched alkanes of at least 4 members (excludes halogenated alkanes) is 22. The summed E-state index contributed by atoms with van der Waals surface area (Å²) in [5.41, 5.74) is 0. The van der Waals surface area contributed by atoms with E-state index in [9.17, 15) is 14.4 Å². The summed E-state index contributed by atoms with van der Waals surface area (Å²) in [5, 5.41) is 0. The van der Waals surface area contributed by atoms with Crippen LogP contribution in [0.3, 0.4) is 0 Å². The van der Waals surface area contributed by atoms with Crippen LogP contribution < -0.4 is 0 Å². The Morgan fingerprint density at radius 3 is 0.971 bits per heavy atom. The molecule has 6 heteroatoms. The summed E-state index contributed by atoms with van der Waals surface area (Å²) in [6.07, 6.45) is 77.9. The average molecular weight is 972 g/mol. The van der Waals surface area contributed by atoms with Crippen LogP contribution in [-0.4, -0.2) is 37.2 Å². The van der Waals surface area contributed by atoms with Gasteiger partial charge in [0, 0.05) is 19.3 Å². The van der Waals surface area contributed by atoms with Gasteiger partial charge < -0.3 is 14.2 Å². The van der Waals surface area contributed by atoms with Gasteiger partial charge in [0.15, 0.2) is 6.10 Å². The number of carbonyl (C=O) groups is 3. The number of ether oxygens (including phenoxy) is 3. The third-order valence-corrected chi connectivity index (χ3v) is 12.0. The smallest absolute Gasteiger partial charge is 0.306 e. The predicted octanol–water partition coefficient (Wildman–Crippen LogP) is 19.5. The lowest BCUT2D eigenvalue weighted by molar-refractivity contribution is -0.167. The standard InChI is InChI=1S/C64H106O6/c1-4-7-10-13-16-19-22-25-28-29-30-31-32-33-34-35-37-39-42-45-48-51-54-57-63(66)69-60-61(59-68-62(65)56-53-50-47-44-41-38-27-24-21-18-15-12-9-6-3)70-64(67)58-55-52-49-46-43-40-36-26-23-20-17-14-11-8-5-2/h7,10,15-16,18-19,24-25,27-28,30-31,33-34,37,39,45,48,61H,4-6,8-9,11-14,17,20-23,26,29,32,35-36,38,40-44,46-47,49-60H2,1-3H3/b10-7-,18-15-,19-16-,27-24-,28-25-,31-30-,34-33-,39-37-,48-45-. The molecule has 0 aliphatic rings. The van der Waals surface area contributed by atoms with Crippen LogP contribution in [0, 0.1) is 0 Å². The van der Waals surface area contributed by atoms with Crippen LogP contribution in [0.1, 0.15) is 258 Å². The zero-order chi connectivity index (χ0) is 50.7. The van der Waals surface area contributed by atoms with Crippen molar-refractivity contribution in [1.29, 1.82) is 0 Å². The Morgan fingerprint density at radius 1 is 0.300 bits per heavy atom. The number of carbonyl (C=O) groups excluding carboxylic acids is 3. The minimum atomic E-state index is -0.807. The molecule has 0 fully saturated rings. The van der Waals surface area contributed by atoms with Crippen LogP contribution in [0.4, 0.5) is 0 Å². The minimum absolute atomic E-state index is 0.103. The predicted molar refractivity (Wildman–Crippen MR) is 302 cm³/mol. The molecule has 0 aliphatic heterocycles. The van der Waals surface area contributed by atoms with Gasteiger partial charge in [0.25, 0.3) is 0 Å². The average Bonchev–Trinajstić information content (AvgIpc) is 3.36. The topological polar surface area (TPSA) is 78.9 Å². The number of hydrogen-bond donors (Lipinski definition) is 0. The van der Waals surface area contributed by atoms with Gasteiger partial charge in [-0.15, -0.1) is 0 Å². The van der Waals surface area contributed by atoms with Gasteiger partial charge in [-0.05, 0) is 96.3 Å². The molecule has 70 heavy (non-hydrogen) atoms. The van der Waals surface area contributed by atoms with Crippen LogP contribution in [-0.2, 0) is 28.6 Å². The highest BCUT2D eigenvalue weighted by Gasteiger charge is 2.19. The van der Waals surface area contributed by atoms with E-state index in [4.69, 9.17) is 14.2 Å². The van der Waals surface area contributed by atoms with Crippen LogP contribution in [0.5, 0.6) is 0 Å². The molecule has 0 radical (unpaired) electrons. The first-order valence-electron chi connectivity index (χ1n) is 28.9. The van der Waals surface area contributed by atoms with E-state index in [0.29, 0.717) is 19.3 Å². The molecule has 6 nitrogen and oxygen atoms in total. The fourth-order valence-electron chi connectivity index (χ4n) is 7.68. The van der Waals surface area contributed by atoms with E-state index >= 15 is 0 Å². The quantitative estimate of drug-likeness (QED) is 0.0262. The molecule has 0 amide bonds. The molecule has 0 heterocycles. The van der Waals surface area contributed by atoms with Crippen LogP contribution >= 0.6 is 0 Å². The third kappa shape index (κ3) is 55.0. The number of hydrogen-bond acceptors (Lipinski definition) is 6. The lowest BCUT2D eigenvalue weighted by atomic mass is 10.0. The van der Waals surface area contributed by atoms with Crippen molar-refractivity contribution in [3.63, 3.8) is 0 Å². The van der Waals surface area contributed by atoms with E-state index in [1.807, 2.05) is 0 Å². The van der Waals surface area contributed by atoms with E-state index in [-0.39, 0.29) is 37.5 Å². The van der Waals surface area contributed by atoms with Crippen molar-refractivity contribution in [3.8, 4) is 0 Å². The van der Waals surface area contributed by atoms with Gasteiger partial charge in [-0.2, -0.15) is 0 Å². The molecule has 0 aromatic heterocycles. The van der Waals surface area contributed by atoms with Crippen molar-refractivity contribution >= 4 is 17.9 Å². The highest BCUT2D eigenvalue weighted by Crippen LogP contribution is 2.15. The van der Waals surface area contributed by atoms with Crippen molar-refractivity contribution in [3.05, 3.63) is 109 Å². The van der Waals surface area contributed by atoms with Gasteiger partial charge in [-0.3, -0.25) is 14.4 Å². The van der Waals surface area contributed by atoms with Crippen LogP contribution in [0.15, 0.2) is 109 Å².